The Balaban J connectivity index is 1.95. The molecule has 0 heterocycles. The van der Waals surface area contributed by atoms with Crippen molar-refractivity contribution < 1.29 is 4.39 Å². The molecule has 0 spiro atoms. The van der Waals surface area contributed by atoms with Gasteiger partial charge in [-0.05, 0) is 54.5 Å². The topological polar surface area (TPSA) is 12.0 Å². The van der Waals surface area contributed by atoms with Crippen molar-refractivity contribution in [3.05, 3.63) is 41.1 Å². The van der Waals surface area contributed by atoms with Gasteiger partial charge in [0.2, 0.25) is 0 Å². The molecular weight excluding hydrogens is 201 g/mol. The highest BCUT2D eigenvalue weighted by Gasteiger charge is 2.20. The predicted molar refractivity (Wildman–Crippen MR) is 64.5 cm³/mol. The largest absolute Gasteiger partial charge is 0.312 e. The van der Waals surface area contributed by atoms with Gasteiger partial charge in [-0.2, -0.15) is 0 Å². The molecule has 2 rings (SSSR count). The molecule has 0 saturated heterocycles. The third-order valence-electron chi connectivity index (χ3n) is 2.99. The van der Waals surface area contributed by atoms with Crippen molar-refractivity contribution in [2.75, 3.05) is 6.54 Å². The lowest BCUT2D eigenvalue weighted by Gasteiger charge is -2.09. The molecule has 0 aliphatic heterocycles. The van der Waals surface area contributed by atoms with Crippen LogP contribution in [0.2, 0.25) is 0 Å². The van der Waals surface area contributed by atoms with Crippen LogP contribution in [0.25, 0.3) is 0 Å². The molecule has 16 heavy (non-hydrogen) atoms. The number of hydrogen-bond acceptors (Lipinski definition) is 1. The molecule has 1 aliphatic rings. The molecule has 1 aromatic rings. The summed E-state index contributed by atoms with van der Waals surface area (Å²) < 4.78 is 13.3. The first-order chi connectivity index (χ1) is 7.65. The molecule has 1 nitrogen and oxygen atoms in total. The molecular formula is C14H19FN. The monoisotopic (exact) mass is 220 g/mol. The summed E-state index contributed by atoms with van der Waals surface area (Å²) in [5, 5.41) is 3.38. The summed E-state index contributed by atoms with van der Waals surface area (Å²) >= 11 is 0. The summed E-state index contributed by atoms with van der Waals surface area (Å²) in [4.78, 5) is 0. The molecule has 1 fully saturated rings. The first kappa shape index (κ1) is 11.6. The first-order valence-corrected chi connectivity index (χ1v) is 5.96. The zero-order chi connectivity index (χ0) is 11.5. The molecule has 1 aromatic carbocycles. The van der Waals surface area contributed by atoms with Crippen LogP contribution in [-0.2, 0) is 6.54 Å². The molecule has 0 atom stereocenters. The van der Waals surface area contributed by atoms with Crippen LogP contribution in [0.15, 0.2) is 18.2 Å². The van der Waals surface area contributed by atoms with Gasteiger partial charge in [-0.1, -0.05) is 19.9 Å². The Morgan fingerprint density at radius 2 is 2.06 bits per heavy atom. The number of halogens is 1. The van der Waals surface area contributed by atoms with E-state index >= 15 is 0 Å². The van der Waals surface area contributed by atoms with E-state index in [9.17, 15) is 4.39 Å². The molecule has 0 amide bonds. The van der Waals surface area contributed by atoms with Crippen molar-refractivity contribution in [2.45, 2.75) is 33.2 Å². The summed E-state index contributed by atoms with van der Waals surface area (Å²) in [5.41, 5.74) is 2.04. The fraction of sp³-hybridized carbons (Fsp3) is 0.500. The van der Waals surface area contributed by atoms with Crippen LogP contribution in [0, 0.1) is 17.7 Å². The van der Waals surface area contributed by atoms with E-state index in [1.54, 1.807) is 12.1 Å². The SMILES string of the molecule is C[C](C)c1cc(F)cc(CNCC2CC2)c1. The zero-order valence-electron chi connectivity index (χ0n) is 10.0. The maximum absolute atomic E-state index is 13.3. The lowest BCUT2D eigenvalue weighted by atomic mass is 10.0. The molecule has 2 heteroatoms. The van der Waals surface area contributed by atoms with Crippen LogP contribution in [0.3, 0.4) is 0 Å². The van der Waals surface area contributed by atoms with E-state index in [0.717, 1.165) is 36.1 Å². The Labute approximate surface area is 97.1 Å². The van der Waals surface area contributed by atoms with E-state index < -0.39 is 0 Å². The van der Waals surface area contributed by atoms with Gasteiger partial charge in [0.25, 0.3) is 0 Å². The molecule has 0 aromatic heterocycles. The standard InChI is InChI=1S/C14H19FN/c1-10(2)13-5-12(6-14(15)7-13)9-16-8-11-3-4-11/h5-7,11,16H,3-4,8-9H2,1-2H3. The van der Waals surface area contributed by atoms with Gasteiger partial charge in [0.05, 0.1) is 0 Å². The molecule has 87 valence electrons. The van der Waals surface area contributed by atoms with E-state index in [1.165, 1.54) is 12.8 Å². The second-order valence-electron chi connectivity index (χ2n) is 4.92. The van der Waals surface area contributed by atoms with Crippen LogP contribution in [0.1, 0.15) is 37.8 Å². The van der Waals surface area contributed by atoms with Gasteiger partial charge in [-0.3, -0.25) is 0 Å². The highest BCUT2D eigenvalue weighted by atomic mass is 19.1. The fourth-order valence-electron chi connectivity index (χ4n) is 1.78. The van der Waals surface area contributed by atoms with Gasteiger partial charge in [-0.25, -0.2) is 4.39 Å². The van der Waals surface area contributed by atoms with E-state index in [0.29, 0.717) is 0 Å². The van der Waals surface area contributed by atoms with Crippen molar-refractivity contribution in [2.24, 2.45) is 5.92 Å². The van der Waals surface area contributed by atoms with Gasteiger partial charge in [0.15, 0.2) is 0 Å². The molecule has 1 radical (unpaired) electrons. The van der Waals surface area contributed by atoms with Crippen LogP contribution < -0.4 is 5.32 Å². The van der Waals surface area contributed by atoms with Crippen LogP contribution in [0.5, 0.6) is 0 Å². The summed E-state index contributed by atoms with van der Waals surface area (Å²) in [6, 6.07) is 5.28. The predicted octanol–water partition coefficient (Wildman–Crippen LogP) is 3.29. The summed E-state index contributed by atoms with van der Waals surface area (Å²) in [6.45, 7) is 5.86. The molecule has 1 saturated carbocycles. The Kier molecular flexibility index (Phi) is 3.59. The summed E-state index contributed by atoms with van der Waals surface area (Å²) in [6.07, 6.45) is 2.70. The maximum Gasteiger partial charge on any atom is 0.123 e. The van der Waals surface area contributed by atoms with Gasteiger partial charge >= 0.3 is 0 Å². The molecule has 1 aliphatic carbocycles. The Morgan fingerprint density at radius 3 is 2.69 bits per heavy atom. The smallest absolute Gasteiger partial charge is 0.123 e. The van der Waals surface area contributed by atoms with E-state index in [-0.39, 0.29) is 5.82 Å². The van der Waals surface area contributed by atoms with E-state index in [2.05, 4.69) is 11.4 Å². The Morgan fingerprint density at radius 1 is 1.31 bits per heavy atom. The van der Waals surface area contributed by atoms with Crippen LogP contribution >= 0.6 is 0 Å². The highest BCUT2D eigenvalue weighted by Crippen LogP contribution is 2.27. The van der Waals surface area contributed by atoms with Crippen molar-refractivity contribution in [1.82, 2.24) is 5.32 Å². The van der Waals surface area contributed by atoms with Crippen LogP contribution in [-0.4, -0.2) is 6.54 Å². The molecule has 0 bridgehead atoms. The average molecular weight is 220 g/mol. The van der Waals surface area contributed by atoms with Gasteiger partial charge in [-0.15, -0.1) is 0 Å². The van der Waals surface area contributed by atoms with E-state index in [1.807, 2.05) is 13.8 Å². The van der Waals surface area contributed by atoms with Crippen molar-refractivity contribution in [3.8, 4) is 0 Å². The summed E-state index contributed by atoms with van der Waals surface area (Å²) in [7, 11) is 0. The minimum atomic E-state index is -0.137. The molecule has 0 unspecified atom stereocenters. The minimum absolute atomic E-state index is 0.137. The van der Waals surface area contributed by atoms with Gasteiger partial charge in [0, 0.05) is 6.54 Å². The van der Waals surface area contributed by atoms with Crippen molar-refractivity contribution in [3.63, 3.8) is 0 Å². The van der Waals surface area contributed by atoms with Gasteiger partial charge in [0.1, 0.15) is 5.82 Å². The second kappa shape index (κ2) is 4.96. The number of rotatable bonds is 5. The second-order valence-corrected chi connectivity index (χ2v) is 4.92. The highest BCUT2D eigenvalue weighted by molar-refractivity contribution is 5.33. The fourth-order valence-corrected chi connectivity index (χ4v) is 1.78. The third-order valence-corrected chi connectivity index (χ3v) is 2.99. The van der Waals surface area contributed by atoms with Crippen LogP contribution in [0.4, 0.5) is 4.39 Å². The Hall–Kier alpha value is -0.890. The number of nitrogens with one attached hydrogen (secondary N) is 1. The lowest BCUT2D eigenvalue weighted by molar-refractivity contribution is 0.611. The number of hydrogen-bond donors (Lipinski definition) is 1. The average Bonchev–Trinajstić information content (AvgIpc) is 3.01. The lowest BCUT2D eigenvalue weighted by Crippen LogP contribution is -2.16. The minimum Gasteiger partial charge on any atom is -0.312 e. The summed E-state index contributed by atoms with van der Waals surface area (Å²) in [5.74, 6) is 1.89. The maximum atomic E-state index is 13.3. The number of benzene rings is 1. The quantitative estimate of drug-likeness (QED) is 0.803. The zero-order valence-corrected chi connectivity index (χ0v) is 10.0. The van der Waals surface area contributed by atoms with Crippen molar-refractivity contribution >= 4 is 0 Å². The first-order valence-electron chi connectivity index (χ1n) is 5.96. The third kappa shape index (κ3) is 3.31. The Bertz CT molecular complexity index is 356. The van der Waals surface area contributed by atoms with Gasteiger partial charge < -0.3 is 5.32 Å². The normalized spacial score (nSPS) is 15.8. The van der Waals surface area contributed by atoms with E-state index in [4.69, 9.17) is 0 Å². The van der Waals surface area contributed by atoms with Crippen molar-refractivity contribution in [1.29, 1.82) is 0 Å². The molecule has 1 N–H and O–H groups in total.